The minimum atomic E-state index is -1.75. The van der Waals surface area contributed by atoms with Crippen molar-refractivity contribution in [2.75, 3.05) is 20.3 Å². The molecule has 0 unspecified atom stereocenters. The molecule has 0 saturated carbocycles. The van der Waals surface area contributed by atoms with Gasteiger partial charge in [0.2, 0.25) is 6.29 Å². The van der Waals surface area contributed by atoms with Crippen LogP contribution in [-0.2, 0) is 33.3 Å². The number of fused-ring (bicyclic) bond motifs is 1. The number of methoxy groups -OCH3 is 1. The van der Waals surface area contributed by atoms with Gasteiger partial charge in [-0.2, -0.15) is 0 Å². The molecule has 2 heterocycles. The molecule has 13 nitrogen and oxygen atoms in total. The van der Waals surface area contributed by atoms with Crippen molar-refractivity contribution in [3.8, 4) is 5.75 Å². The first kappa shape index (κ1) is 28.7. The Morgan fingerprint density at radius 3 is 2.38 bits per heavy atom. The van der Waals surface area contributed by atoms with Gasteiger partial charge in [-0.3, -0.25) is 0 Å². The first-order valence-electron chi connectivity index (χ1n) is 12.1. The summed E-state index contributed by atoms with van der Waals surface area (Å²) < 4.78 is 26.8. The maximum atomic E-state index is 12.2. The van der Waals surface area contributed by atoms with Gasteiger partial charge in [0.15, 0.2) is 6.29 Å². The van der Waals surface area contributed by atoms with E-state index in [-0.39, 0.29) is 11.3 Å². The molecule has 4 rings (SSSR count). The molecule has 0 radical (unpaired) electrons. The number of aliphatic hydroxyl groups is 5. The minimum absolute atomic E-state index is 0.0141. The molecule has 0 aromatic heterocycles. The quantitative estimate of drug-likeness (QED) is 0.127. The van der Waals surface area contributed by atoms with Gasteiger partial charge < -0.3 is 54.3 Å². The standard InChI is InChI=1S/C26H30O13/c1-35-24(34)15-10-37-25(19-13(9-27)8-16(29)20(15)19)39-26-23(33)22(32)21(31)17(38-26)11-36-18(30)7-4-12-2-5-14(28)6-3-12/h2-8,10,16-17,19-23,25-29,31-33H,9,11H2,1H3/t16-,17-,19-,20+,21-,22+,23-,25+,26+/m1/s1. The smallest absolute Gasteiger partial charge is 0.337 e. The molecule has 13 heteroatoms. The number of aromatic hydroxyl groups is 1. The summed E-state index contributed by atoms with van der Waals surface area (Å²) in [5, 5.41) is 60.9. The molecule has 0 spiro atoms. The molecule has 1 aromatic rings. The zero-order valence-electron chi connectivity index (χ0n) is 20.8. The maximum Gasteiger partial charge on any atom is 0.337 e. The molecule has 9 atom stereocenters. The topological polar surface area (TPSA) is 202 Å². The van der Waals surface area contributed by atoms with Crippen LogP contribution < -0.4 is 0 Å². The second-order valence-corrected chi connectivity index (χ2v) is 9.22. The Balaban J connectivity index is 1.43. The molecule has 39 heavy (non-hydrogen) atoms. The number of carbonyl (C=O) groups excluding carboxylic acids is 2. The fourth-order valence-electron chi connectivity index (χ4n) is 4.74. The van der Waals surface area contributed by atoms with E-state index in [4.69, 9.17) is 23.7 Å². The Morgan fingerprint density at radius 2 is 1.72 bits per heavy atom. The van der Waals surface area contributed by atoms with E-state index in [1.807, 2.05) is 0 Å². The fourth-order valence-corrected chi connectivity index (χ4v) is 4.74. The molecule has 1 aromatic carbocycles. The second kappa shape index (κ2) is 12.3. The number of hydrogen-bond donors (Lipinski definition) is 6. The molecule has 1 saturated heterocycles. The first-order chi connectivity index (χ1) is 18.6. The van der Waals surface area contributed by atoms with E-state index in [2.05, 4.69) is 0 Å². The van der Waals surface area contributed by atoms with E-state index in [1.165, 1.54) is 24.3 Å². The third-order valence-corrected chi connectivity index (χ3v) is 6.78. The van der Waals surface area contributed by atoms with Crippen molar-refractivity contribution in [3.63, 3.8) is 0 Å². The summed E-state index contributed by atoms with van der Waals surface area (Å²) in [5.41, 5.74) is 0.943. The van der Waals surface area contributed by atoms with Crippen LogP contribution in [0, 0.1) is 11.8 Å². The predicted octanol–water partition coefficient (Wildman–Crippen LogP) is -1.29. The number of rotatable bonds is 8. The highest BCUT2D eigenvalue weighted by atomic mass is 16.8. The summed E-state index contributed by atoms with van der Waals surface area (Å²) in [6.07, 6.45) is -5.49. The number of aliphatic hydroxyl groups excluding tert-OH is 5. The first-order valence-corrected chi connectivity index (χ1v) is 12.1. The number of esters is 2. The van der Waals surface area contributed by atoms with Crippen LogP contribution in [0.1, 0.15) is 5.56 Å². The number of phenols is 1. The van der Waals surface area contributed by atoms with Crippen LogP contribution in [0.25, 0.3) is 6.08 Å². The second-order valence-electron chi connectivity index (χ2n) is 9.22. The largest absolute Gasteiger partial charge is 0.508 e. The van der Waals surface area contributed by atoms with E-state index in [9.17, 15) is 40.2 Å². The molecule has 1 aliphatic carbocycles. The van der Waals surface area contributed by atoms with Gasteiger partial charge in [0.05, 0.1) is 37.6 Å². The van der Waals surface area contributed by atoms with Crippen molar-refractivity contribution in [2.45, 2.75) is 43.1 Å². The fraction of sp³-hybridized carbons (Fsp3) is 0.462. The Bertz CT molecular complexity index is 1130. The van der Waals surface area contributed by atoms with Crippen LogP contribution in [0.2, 0.25) is 0 Å². The SMILES string of the molecule is COC(=O)C1=CO[C@@H](O[C@@H]2O[C@H](COC(=O)C=Cc3ccc(O)cc3)[C@@H](O)[C@H](O)[C@H]2O)[C@@H]2C(CO)=C[C@@H](O)[C@H]12. The maximum absolute atomic E-state index is 12.2. The van der Waals surface area contributed by atoms with Crippen molar-refractivity contribution in [1.82, 2.24) is 0 Å². The Kier molecular flexibility index (Phi) is 9.02. The van der Waals surface area contributed by atoms with Crippen molar-refractivity contribution in [1.29, 1.82) is 0 Å². The van der Waals surface area contributed by atoms with Gasteiger partial charge in [0.1, 0.15) is 36.8 Å². The Hall–Kier alpha value is -3.30. The monoisotopic (exact) mass is 550 g/mol. The van der Waals surface area contributed by atoms with Crippen LogP contribution in [0.5, 0.6) is 5.75 Å². The summed E-state index contributed by atoms with van der Waals surface area (Å²) >= 11 is 0. The summed E-state index contributed by atoms with van der Waals surface area (Å²) in [6.45, 7) is -0.990. The van der Waals surface area contributed by atoms with Crippen LogP contribution in [0.15, 0.2) is 53.8 Å². The van der Waals surface area contributed by atoms with Crippen LogP contribution in [0.4, 0.5) is 0 Å². The highest BCUT2D eigenvalue weighted by molar-refractivity contribution is 5.89. The van der Waals surface area contributed by atoms with Crippen molar-refractivity contribution >= 4 is 18.0 Å². The average Bonchev–Trinajstić information content (AvgIpc) is 3.28. The number of ether oxygens (including phenoxy) is 5. The summed E-state index contributed by atoms with van der Waals surface area (Å²) in [4.78, 5) is 24.4. The molecule has 6 N–H and O–H groups in total. The molecule has 212 valence electrons. The summed E-state index contributed by atoms with van der Waals surface area (Å²) in [7, 11) is 1.16. The molecule has 3 aliphatic rings. The molecule has 0 bridgehead atoms. The van der Waals surface area contributed by atoms with E-state index in [0.29, 0.717) is 11.1 Å². The lowest BCUT2D eigenvalue weighted by atomic mass is 9.82. The van der Waals surface area contributed by atoms with E-state index < -0.39 is 80.1 Å². The molecular weight excluding hydrogens is 520 g/mol. The van der Waals surface area contributed by atoms with Crippen LogP contribution in [-0.4, -0.2) is 106 Å². The highest BCUT2D eigenvalue weighted by Gasteiger charge is 2.52. The van der Waals surface area contributed by atoms with Crippen LogP contribution >= 0.6 is 0 Å². The Morgan fingerprint density at radius 1 is 1.00 bits per heavy atom. The third kappa shape index (κ3) is 6.15. The van der Waals surface area contributed by atoms with Gasteiger partial charge >= 0.3 is 11.9 Å². The number of carbonyl (C=O) groups is 2. The number of benzene rings is 1. The third-order valence-electron chi connectivity index (χ3n) is 6.78. The molecule has 2 aliphatic heterocycles. The van der Waals surface area contributed by atoms with Crippen LogP contribution in [0.3, 0.4) is 0 Å². The van der Waals surface area contributed by atoms with Gasteiger partial charge in [0, 0.05) is 12.0 Å². The summed E-state index contributed by atoms with van der Waals surface area (Å²) in [5.74, 6) is -3.22. The van der Waals surface area contributed by atoms with Gasteiger partial charge in [-0.25, -0.2) is 9.59 Å². The van der Waals surface area contributed by atoms with Gasteiger partial charge in [-0.1, -0.05) is 18.2 Å². The predicted molar refractivity (Wildman–Crippen MR) is 129 cm³/mol. The van der Waals surface area contributed by atoms with E-state index in [1.54, 1.807) is 12.1 Å². The lowest BCUT2D eigenvalue weighted by Crippen LogP contribution is -2.60. The molecule has 1 fully saturated rings. The van der Waals surface area contributed by atoms with Gasteiger partial charge in [0.25, 0.3) is 0 Å². The molecule has 0 amide bonds. The van der Waals surface area contributed by atoms with Crippen molar-refractivity contribution in [3.05, 3.63) is 59.4 Å². The minimum Gasteiger partial charge on any atom is -0.508 e. The van der Waals surface area contributed by atoms with E-state index in [0.717, 1.165) is 19.4 Å². The normalized spacial score (nSPS) is 34.1. The number of phenolic OH excluding ortho intramolecular Hbond substituents is 1. The lowest BCUT2D eigenvalue weighted by Gasteiger charge is -2.43. The Labute approximate surface area is 222 Å². The summed E-state index contributed by atoms with van der Waals surface area (Å²) in [6, 6.07) is 6.04. The average molecular weight is 551 g/mol. The molecular formula is C26H30O13. The zero-order valence-corrected chi connectivity index (χ0v) is 20.8. The lowest BCUT2D eigenvalue weighted by molar-refractivity contribution is -0.340. The van der Waals surface area contributed by atoms with Gasteiger partial charge in [-0.05, 0) is 29.3 Å². The number of hydrogen-bond acceptors (Lipinski definition) is 13. The van der Waals surface area contributed by atoms with Crippen molar-refractivity contribution in [2.24, 2.45) is 11.8 Å². The van der Waals surface area contributed by atoms with Gasteiger partial charge in [-0.15, -0.1) is 0 Å². The van der Waals surface area contributed by atoms with Crippen molar-refractivity contribution < 1.29 is 63.9 Å². The van der Waals surface area contributed by atoms with E-state index >= 15 is 0 Å². The highest BCUT2D eigenvalue weighted by Crippen LogP contribution is 2.44. The zero-order chi connectivity index (χ0) is 28.3.